The van der Waals surface area contributed by atoms with Crippen molar-refractivity contribution in [2.45, 2.75) is 32.2 Å². The maximum Gasteiger partial charge on any atom is 0.251 e. The summed E-state index contributed by atoms with van der Waals surface area (Å²) in [4.78, 5) is 23.8. The molecule has 1 aromatic rings. The minimum Gasteiger partial charge on any atom is -0.356 e. The number of hydrogen-bond donors (Lipinski definition) is 3. The highest BCUT2D eigenvalue weighted by molar-refractivity contribution is 5.94. The van der Waals surface area contributed by atoms with Gasteiger partial charge in [-0.05, 0) is 57.0 Å². The van der Waals surface area contributed by atoms with Crippen LogP contribution in [0.1, 0.15) is 36.5 Å². The van der Waals surface area contributed by atoms with Crippen molar-refractivity contribution in [2.24, 2.45) is 5.92 Å². The van der Waals surface area contributed by atoms with Crippen LogP contribution in [0.2, 0.25) is 0 Å². The lowest BCUT2D eigenvalue weighted by Crippen LogP contribution is -2.42. The fraction of sp³-hybridized carbons (Fsp3) is 0.529. The topological polar surface area (TPSA) is 70.2 Å². The van der Waals surface area contributed by atoms with Crippen LogP contribution in [0, 0.1) is 11.7 Å². The molecule has 0 aromatic heterocycles. The van der Waals surface area contributed by atoms with Crippen LogP contribution >= 0.6 is 0 Å². The van der Waals surface area contributed by atoms with Crippen molar-refractivity contribution in [3.05, 3.63) is 35.6 Å². The lowest BCUT2D eigenvalue weighted by Gasteiger charge is -2.27. The third kappa shape index (κ3) is 5.63. The maximum absolute atomic E-state index is 12.8. The summed E-state index contributed by atoms with van der Waals surface area (Å²) in [6.07, 6.45) is 2.41. The van der Waals surface area contributed by atoms with Crippen LogP contribution in [0.4, 0.5) is 4.39 Å². The van der Waals surface area contributed by atoms with Crippen LogP contribution in [-0.2, 0) is 4.79 Å². The lowest BCUT2D eigenvalue weighted by atomic mass is 9.92. The largest absolute Gasteiger partial charge is 0.356 e. The molecule has 2 atom stereocenters. The number of carbonyl (C=O) groups is 2. The summed E-state index contributed by atoms with van der Waals surface area (Å²) in [6, 6.07) is 5.80. The molecule has 0 spiro atoms. The van der Waals surface area contributed by atoms with Gasteiger partial charge in [0.05, 0.1) is 0 Å². The Hall–Kier alpha value is -1.95. The first-order valence-corrected chi connectivity index (χ1v) is 8.11. The number of amides is 2. The molecular weight excluding hydrogens is 297 g/mol. The molecule has 1 aromatic carbocycles. The fourth-order valence-corrected chi connectivity index (χ4v) is 2.72. The molecule has 0 radical (unpaired) electrons. The number of benzene rings is 1. The molecular formula is C17H24FN3O2. The van der Waals surface area contributed by atoms with E-state index in [0.717, 1.165) is 19.4 Å². The van der Waals surface area contributed by atoms with Crippen molar-refractivity contribution in [3.8, 4) is 0 Å². The molecule has 0 aliphatic carbocycles. The maximum atomic E-state index is 12.8. The van der Waals surface area contributed by atoms with Gasteiger partial charge in [-0.3, -0.25) is 9.59 Å². The van der Waals surface area contributed by atoms with E-state index in [9.17, 15) is 14.0 Å². The van der Waals surface area contributed by atoms with Crippen molar-refractivity contribution >= 4 is 11.8 Å². The van der Waals surface area contributed by atoms with Crippen LogP contribution in [0.5, 0.6) is 0 Å². The number of rotatable bonds is 6. The quantitative estimate of drug-likeness (QED) is 0.695. The fourth-order valence-electron chi connectivity index (χ4n) is 2.72. The first-order valence-electron chi connectivity index (χ1n) is 8.11. The second-order valence-electron chi connectivity index (χ2n) is 5.98. The second-order valence-corrected chi connectivity index (χ2v) is 5.98. The first kappa shape index (κ1) is 17.4. The highest BCUT2D eigenvalue weighted by Gasteiger charge is 2.24. The average Bonchev–Trinajstić information content (AvgIpc) is 2.54. The summed E-state index contributed by atoms with van der Waals surface area (Å²) in [5, 5.41) is 9.01. The number of carbonyl (C=O) groups excluding carboxylic acids is 2. The molecule has 1 aliphatic rings. The van der Waals surface area contributed by atoms with Gasteiger partial charge >= 0.3 is 0 Å². The number of nitrogens with one attached hydrogen (secondary N) is 3. The summed E-state index contributed by atoms with van der Waals surface area (Å²) < 4.78 is 12.8. The highest BCUT2D eigenvalue weighted by Crippen LogP contribution is 2.15. The Labute approximate surface area is 136 Å². The van der Waals surface area contributed by atoms with Crippen molar-refractivity contribution < 1.29 is 14.0 Å². The Morgan fingerprint density at radius 2 is 1.91 bits per heavy atom. The second kappa shape index (κ2) is 8.62. The van der Waals surface area contributed by atoms with Gasteiger partial charge in [-0.1, -0.05) is 0 Å². The summed E-state index contributed by atoms with van der Waals surface area (Å²) in [5.41, 5.74) is 0.430. The third-order valence-corrected chi connectivity index (χ3v) is 4.04. The van der Waals surface area contributed by atoms with Gasteiger partial charge in [-0.2, -0.15) is 0 Å². The van der Waals surface area contributed by atoms with E-state index >= 15 is 0 Å². The van der Waals surface area contributed by atoms with Gasteiger partial charge in [0.1, 0.15) is 5.82 Å². The van der Waals surface area contributed by atoms with Gasteiger partial charge in [0.2, 0.25) is 5.91 Å². The highest BCUT2D eigenvalue weighted by atomic mass is 19.1. The van der Waals surface area contributed by atoms with Gasteiger partial charge in [0, 0.05) is 30.6 Å². The van der Waals surface area contributed by atoms with E-state index in [1.165, 1.54) is 24.3 Å². The van der Waals surface area contributed by atoms with Crippen molar-refractivity contribution in [2.75, 3.05) is 19.6 Å². The van der Waals surface area contributed by atoms with Crippen molar-refractivity contribution in [1.29, 1.82) is 0 Å². The first-order chi connectivity index (χ1) is 11.1. The Balaban J connectivity index is 1.61. The molecule has 2 amide bonds. The smallest absolute Gasteiger partial charge is 0.251 e. The van der Waals surface area contributed by atoms with Gasteiger partial charge in [0.25, 0.3) is 5.91 Å². The van der Waals surface area contributed by atoms with E-state index < -0.39 is 0 Å². The van der Waals surface area contributed by atoms with Crippen LogP contribution in [0.3, 0.4) is 0 Å². The molecule has 6 heteroatoms. The van der Waals surface area contributed by atoms with Gasteiger partial charge in [-0.25, -0.2) is 4.39 Å². The van der Waals surface area contributed by atoms with Gasteiger partial charge in [-0.15, -0.1) is 0 Å². The molecule has 2 rings (SSSR count). The zero-order chi connectivity index (χ0) is 16.7. The normalized spacial score (nSPS) is 20.8. The third-order valence-electron chi connectivity index (χ3n) is 4.04. The summed E-state index contributed by atoms with van der Waals surface area (Å²) in [7, 11) is 0. The summed E-state index contributed by atoms with van der Waals surface area (Å²) in [6.45, 7) is 3.98. The Morgan fingerprint density at radius 3 is 2.61 bits per heavy atom. The summed E-state index contributed by atoms with van der Waals surface area (Å²) in [5.74, 6) is -0.414. The van der Waals surface area contributed by atoms with E-state index in [-0.39, 0.29) is 23.5 Å². The molecule has 1 fully saturated rings. The van der Waals surface area contributed by atoms with E-state index in [1.54, 1.807) is 0 Å². The monoisotopic (exact) mass is 321 g/mol. The van der Waals surface area contributed by atoms with Crippen LogP contribution < -0.4 is 16.0 Å². The predicted molar refractivity (Wildman–Crippen MR) is 86.5 cm³/mol. The van der Waals surface area contributed by atoms with Crippen LogP contribution in [0.15, 0.2) is 24.3 Å². The minimum atomic E-state index is -0.364. The van der Waals surface area contributed by atoms with Gasteiger partial charge < -0.3 is 16.0 Å². The Kier molecular flexibility index (Phi) is 6.52. The van der Waals surface area contributed by atoms with Gasteiger partial charge in [0.15, 0.2) is 0 Å². The number of piperidine rings is 1. The zero-order valence-corrected chi connectivity index (χ0v) is 13.4. The standard InChI is InChI=1S/C17H24FN3O2/c1-12-11-14(7-10-19-12)17(23)21-9-2-8-20-16(22)13-3-5-15(18)6-4-13/h3-6,12,14,19H,2,7-11H2,1H3,(H,20,22)(H,21,23)/t12-,14-/m0/s1. The van der Waals surface area contributed by atoms with Crippen molar-refractivity contribution in [1.82, 2.24) is 16.0 Å². The van der Waals surface area contributed by atoms with Crippen LogP contribution in [0.25, 0.3) is 0 Å². The molecule has 5 nitrogen and oxygen atoms in total. The number of halogens is 1. The molecule has 1 heterocycles. The van der Waals surface area contributed by atoms with Crippen molar-refractivity contribution in [3.63, 3.8) is 0 Å². The average molecular weight is 321 g/mol. The zero-order valence-electron chi connectivity index (χ0n) is 13.4. The molecule has 23 heavy (non-hydrogen) atoms. The molecule has 3 N–H and O–H groups in total. The Morgan fingerprint density at radius 1 is 1.22 bits per heavy atom. The minimum absolute atomic E-state index is 0.0834. The van der Waals surface area contributed by atoms with E-state index in [1.807, 2.05) is 0 Å². The van der Waals surface area contributed by atoms with E-state index in [2.05, 4.69) is 22.9 Å². The van der Waals surface area contributed by atoms with E-state index in [4.69, 9.17) is 0 Å². The summed E-state index contributed by atoms with van der Waals surface area (Å²) >= 11 is 0. The molecule has 0 bridgehead atoms. The van der Waals surface area contributed by atoms with Crippen LogP contribution in [-0.4, -0.2) is 37.5 Å². The molecule has 1 aliphatic heterocycles. The molecule has 126 valence electrons. The molecule has 1 saturated heterocycles. The molecule has 0 unspecified atom stereocenters. The predicted octanol–water partition coefficient (Wildman–Crippen LogP) is 1.45. The SMILES string of the molecule is C[C@H]1C[C@@H](C(=O)NCCCNC(=O)c2ccc(F)cc2)CCN1. The molecule has 0 saturated carbocycles. The lowest BCUT2D eigenvalue weighted by molar-refractivity contribution is -0.126. The van der Waals surface area contributed by atoms with E-state index in [0.29, 0.717) is 31.1 Å². The Bertz CT molecular complexity index is 533. The number of hydrogen-bond acceptors (Lipinski definition) is 3.